The van der Waals surface area contributed by atoms with Crippen molar-refractivity contribution in [2.24, 2.45) is 0 Å². The Morgan fingerprint density at radius 2 is 2.18 bits per heavy atom. The molecule has 1 aliphatic rings. The molecule has 0 spiro atoms. The Hall–Kier alpha value is -2.05. The molecule has 6 heteroatoms. The van der Waals surface area contributed by atoms with E-state index >= 15 is 0 Å². The number of fused-ring (bicyclic) bond motifs is 1. The molecule has 2 aromatic rings. The maximum Gasteiger partial charge on any atom is 0.251 e. The highest BCUT2D eigenvalue weighted by Gasteiger charge is 2.10. The van der Waals surface area contributed by atoms with Crippen molar-refractivity contribution in [2.45, 2.75) is 6.42 Å². The number of nitrogens with one attached hydrogen (secondary N) is 1. The fourth-order valence-corrected chi connectivity index (χ4v) is 2.56. The average Bonchev–Trinajstić information content (AvgIpc) is 2.59. The van der Waals surface area contributed by atoms with E-state index in [-0.39, 0.29) is 5.91 Å². The zero-order valence-electron chi connectivity index (χ0n) is 12.5. The Kier molecular flexibility index (Phi) is 4.92. The first-order chi connectivity index (χ1) is 10.8. The maximum atomic E-state index is 12.2. The van der Waals surface area contributed by atoms with Crippen LogP contribution in [0.15, 0.2) is 30.7 Å². The minimum atomic E-state index is -0.0484. The van der Waals surface area contributed by atoms with Crippen LogP contribution in [-0.2, 0) is 4.74 Å². The third-order valence-electron chi connectivity index (χ3n) is 3.81. The van der Waals surface area contributed by atoms with Crippen molar-refractivity contribution in [2.75, 3.05) is 39.4 Å². The minimum Gasteiger partial charge on any atom is -0.379 e. The zero-order chi connectivity index (χ0) is 15.2. The molecule has 22 heavy (non-hydrogen) atoms. The summed E-state index contributed by atoms with van der Waals surface area (Å²) in [5.41, 5.74) is 1.49. The SMILES string of the molecule is O=C(NCCCN1CCOCC1)c1ccc2ncncc2c1. The number of ether oxygens (including phenoxy) is 1. The average molecular weight is 300 g/mol. The first-order valence-electron chi connectivity index (χ1n) is 7.61. The van der Waals surface area contributed by atoms with Crippen molar-refractivity contribution in [3.05, 3.63) is 36.3 Å². The van der Waals surface area contributed by atoms with Crippen molar-refractivity contribution in [3.8, 4) is 0 Å². The van der Waals surface area contributed by atoms with Crippen LogP contribution in [0.4, 0.5) is 0 Å². The van der Waals surface area contributed by atoms with E-state index in [1.54, 1.807) is 12.3 Å². The monoisotopic (exact) mass is 300 g/mol. The topological polar surface area (TPSA) is 67.4 Å². The Balaban J connectivity index is 1.48. The highest BCUT2D eigenvalue weighted by atomic mass is 16.5. The summed E-state index contributed by atoms with van der Waals surface area (Å²) in [6.07, 6.45) is 4.17. The number of aromatic nitrogens is 2. The standard InChI is InChI=1S/C16H20N4O2/c21-16(18-4-1-5-20-6-8-22-9-7-20)13-2-3-15-14(10-13)11-17-12-19-15/h2-3,10-12H,1,4-9H2,(H,18,21). The van der Waals surface area contributed by atoms with E-state index < -0.39 is 0 Å². The van der Waals surface area contributed by atoms with E-state index in [0.717, 1.165) is 50.2 Å². The molecule has 116 valence electrons. The van der Waals surface area contributed by atoms with Crippen molar-refractivity contribution in [3.63, 3.8) is 0 Å². The van der Waals surface area contributed by atoms with Gasteiger partial charge in [0.2, 0.25) is 0 Å². The van der Waals surface area contributed by atoms with Crippen LogP contribution in [-0.4, -0.2) is 60.2 Å². The van der Waals surface area contributed by atoms with Gasteiger partial charge in [0.05, 0.1) is 18.7 Å². The Labute approximate surface area is 129 Å². The number of carbonyl (C=O) groups is 1. The molecule has 1 amide bonds. The molecule has 3 rings (SSSR count). The molecule has 6 nitrogen and oxygen atoms in total. The number of morpholine rings is 1. The van der Waals surface area contributed by atoms with Gasteiger partial charge in [0, 0.05) is 36.8 Å². The highest BCUT2D eigenvalue weighted by molar-refractivity contribution is 5.97. The number of nitrogens with zero attached hydrogens (tertiary/aromatic N) is 3. The second-order valence-corrected chi connectivity index (χ2v) is 5.36. The third kappa shape index (κ3) is 3.78. The van der Waals surface area contributed by atoms with Crippen LogP contribution < -0.4 is 5.32 Å². The molecular formula is C16H20N4O2. The van der Waals surface area contributed by atoms with Crippen LogP contribution >= 0.6 is 0 Å². The second kappa shape index (κ2) is 7.29. The van der Waals surface area contributed by atoms with Gasteiger partial charge in [0.1, 0.15) is 6.33 Å². The Morgan fingerprint density at radius 3 is 3.05 bits per heavy atom. The summed E-state index contributed by atoms with van der Waals surface area (Å²) < 4.78 is 5.32. The van der Waals surface area contributed by atoms with Gasteiger partial charge in [-0.05, 0) is 31.2 Å². The van der Waals surface area contributed by atoms with Crippen LogP contribution in [0.5, 0.6) is 0 Å². The lowest BCUT2D eigenvalue weighted by Crippen LogP contribution is -2.38. The summed E-state index contributed by atoms with van der Waals surface area (Å²) in [5, 5.41) is 3.84. The van der Waals surface area contributed by atoms with E-state index in [0.29, 0.717) is 12.1 Å². The predicted molar refractivity (Wildman–Crippen MR) is 83.7 cm³/mol. The van der Waals surface area contributed by atoms with Gasteiger partial charge in [-0.25, -0.2) is 9.97 Å². The van der Waals surface area contributed by atoms with Gasteiger partial charge >= 0.3 is 0 Å². The summed E-state index contributed by atoms with van der Waals surface area (Å²) in [6, 6.07) is 5.47. The largest absolute Gasteiger partial charge is 0.379 e. The molecule has 0 aliphatic carbocycles. The first kappa shape index (κ1) is 14.9. The maximum absolute atomic E-state index is 12.2. The van der Waals surface area contributed by atoms with Gasteiger partial charge in [0.15, 0.2) is 0 Å². The fourth-order valence-electron chi connectivity index (χ4n) is 2.56. The van der Waals surface area contributed by atoms with E-state index in [1.807, 2.05) is 12.1 Å². The van der Waals surface area contributed by atoms with Crippen molar-refractivity contribution in [1.82, 2.24) is 20.2 Å². The number of carbonyl (C=O) groups excluding carboxylic acids is 1. The molecule has 0 bridgehead atoms. The molecule has 1 aliphatic heterocycles. The number of hydrogen-bond donors (Lipinski definition) is 1. The highest BCUT2D eigenvalue weighted by Crippen LogP contribution is 2.12. The van der Waals surface area contributed by atoms with Crippen molar-refractivity contribution < 1.29 is 9.53 Å². The van der Waals surface area contributed by atoms with Crippen molar-refractivity contribution >= 4 is 16.8 Å². The number of benzene rings is 1. The van der Waals surface area contributed by atoms with Crippen LogP contribution in [0.3, 0.4) is 0 Å². The Bertz CT molecular complexity index is 641. The molecule has 0 radical (unpaired) electrons. The molecule has 1 saturated heterocycles. The van der Waals surface area contributed by atoms with E-state index in [4.69, 9.17) is 4.74 Å². The molecule has 1 aromatic heterocycles. The van der Waals surface area contributed by atoms with Crippen LogP contribution in [0.1, 0.15) is 16.8 Å². The van der Waals surface area contributed by atoms with Gasteiger partial charge in [-0.1, -0.05) is 0 Å². The van der Waals surface area contributed by atoms with E-state index in [1.165, 1.54) is 6.33 Å². The van der Waals surface area contributed by atoms with E-state index in [2.05, 4.69) is 20.2 Å². The van der Waals surface area contributed by atoms with Crippen LogP contribution in [0, 0.1) is 0 Å². The lowest BCUT2D eigenvalue weighted by atomic mass is 10.1. The fraction of sp³-hybridized carbons (Fsp3) is 0.438. The molecule has 1 N–H and O–H groups in total. The van der Waals surface area contributed by atoms with Gasteiger partial charge in [-0.3, -0.25) is 9.69 Å². The molecule has 1 aromatic carbocycles. The first-order valence-corrected chi connectivity index (χ1v) is 7.61. The lowest BCUT2D eigenvalue weighted by molar-refractivity contribution is 0.0374. The van der Waals surface area contributed by atoms with Crippen LogP contribution in [0.2, 0.25) is 0 Å². The van der Waals surface area contributed by atoms with Crippen LogP contribution in [0.25, 0.3) is 10.9 Å². The summed E-state index contributed by atoms with van der Waals surface area (Å²) in [6.45, 7) is 5.27. The van der Waals surface area contributed by atoms with Gasteiger partial charge in [0.25, 0.3) is 5.91 Å². The molecular weight excluding hydrogens is 280 g/mol. The van der Waals surface area contributed by atoms with Gasteiger partial charge in [-0.2, -0.15) is 0 Å². The molecule has 0 saturated carbocycles. The summed E-state index contributed by atoms with van der Waals surface area (Å²) in [7, 11) is 0. The third-order valence-corrected chi connectivity index (χ3v) is 3.81. The zero-order valence-corrected chi connectivity index (χ0v) is 12.5. The number of rotatable bonds is 5. The van der Waals surface area contributed by atoms with E-state index in [9.17, 15) is 4.79 Å². The van der Waals surface area contributed by atoms with Gasteiger partial charge < -0.3 is 10.1 Å². The Morgan fingerprint density at radius 1 is 1.32 bits per heavy atom. The number of amides is 1. The quantitative estimate of drug-likeness (QED) is 0.837. The normalized spacial score (nSPS) is 15.8. The summed E-state index contributed by atoms with van der Waals surface area (Å²) >= 11 is 0. The predicted octanol–water partition coefficient (Wildman–Crippen LogP) is 1.08. The van der Waals surface area contributed by atoms with Gasteiger partial charge in [-0.15, -0.1) is 0 Å². The second-order valence-electron chi connectivity index (χ2n) is 5.36. The summed E-state index contributed by atoms with van der Waals surface area (Å²) in [5.74, 6) is -0.0484. The molecule has 1 fully saturated rings. The van der Waals surface area contributed by atoms with Crippen molar-refractivity contribution in [1.29, 1.82) is 0 Å². The molecule has 2 heterocycles. The number of hydrogen-bond acceptors (Lipinski definition) is 5. The lowest BCUT2D eigenvalue weighted by Gasteiger charge is -2.26. The minimum absolute atomic E-state index is 0.0484. The molecule has 0 unspecified atom stereocenters. The smallest absolute Gasteiger partial charge is 0.251 e. The molecule has 0 atom stereocenters. The summed E-state index contributed by atoms with van der Waals surface area (Å²) in [4.78, 5) is 22.7.